The highest BCUT2D eigenvalue weighted by Gasteiger charge is 2.17. The van der Waals surface area contributed by atoms with E-state index in [9.17, 15) is 18.0 Å². The molecule has 6 nitrogen and oxygen atoms in total. The number of anilines is 1. The van der Waals surface area contributed by atoms with Gasteiger partial charge in [0.05, 0.1) is 4.90 Å². The highest BCUT2D eigenvalue weighted by molar-refractivity contribution is 7.89. The summed E-state index contributed by atoms with van der Waals surface area (Å²) in [7, 11) is -3.68. The van der Waals surface area contributed by atoms with Gasteiger partial charge in [-0.1, -0.05) is 18.2 Å². The van der Waals surface area contributed by atoms with Crippen LogP contribution in [0, 0.1) is 0 Å². The van der Waals surface area contributed by atoms with Crippen LogP contribution in [0.25, 0.3) is 0 Å². The maximum atomic E-state index is 12.4. The maximum absolute atomic E-state index is 12.4. The third kappa shape index (κ3) is 4.98. The highest BCUT2D eigenvalue weighted by atomic mass is 32.2. The topological polar surface area (TPSA) is 92.3 Å². The van der Waals surface area contributed by atoms with Crippen LogP contribution in [0.5, 0.6) is 0 Å². The van der Waals surface area contributed by atoms with Crippen LogP contribution >= 0.6 is 0 Å². The predicted octanol–water partition coefficient (Wildman–Crippen LogP) is 2.83. The van der Waals surface area contributed by atoms with Gasteiger partial charge in [-0.2, -0.15) is 0 Å². The second-order valence-corrected chi connectivity index (χ2v) is 7.61. The van der Waals surface area contributed by atoms with Gasteiger partial charge in [-0.15, -0.1) is 0 Å². The minimum atomic E-state index is -3.68. The molecule has 132 valence electrons. The Hall–Kier alpha value is -2.51. The number of carbonyl (C=O) groups is 2. The van der Waals surface area contributed by atoms with E-state index in [2.05, 4.69) is 10.0 Å². The van der Waals surface area contributed by atoms with Gasteiger partial charge in [-0.05, 0) is 51.1 Å². The Balaban J connectivity index is 2.25. The first-order chi connectivity index (χ1) is 11.7. The third-order valence-electron chi connectivity index (χ3n) is 3.32. The molecule has 0 aromatic heterocycles. The van der Waals surface area contributed by atoms with Crippen LogP contribution in [0.15, 0.2) is 53.4 Å². The molecule has 0 fully saturated rings. The summed E-state index contributed by atoms with van der Waals surface area (Å²) in [4.78, 5) is 23.8. The Morgan fingerprint density at radius 2 is 1.60 bits per heavy atom. The zero-order chi connectivity index (χ0) is 18.6. The lowest BCUT2D eigenvalue weighted by atomic mass is 10.1. The summed E-state index contributed by atoms with van der Waals surface area (Å²) < 4.78 is 26.9. The molecule has 0 saturated heterocycles. The maximum Gasteiger partial charge on any atom is 0.255 e. The summed E-state index contributed by atoms with van der Waals surface area (Å²) in [5, 5.41) is 2.67. The molecule has 0 saturated carbocycles. The number of hydrogen-bond donors (Lipinski definition) is 2. The molecule has 7 heteroatoms. The molecule has 0 aliphatic carbocycles. The van der Waals surface area contributed by atoms with Crippen molar-refractivity contribution >= 4 is 27.4 Å². The van der Waals surface area contributed by atoms with Crippen LogP contribution in [0.2, 0.25) is 0 Å². The molecule has 0 aliphatic heterocycles. The van der Waals surface area contributed by atoms with E-state index in [0.29, 0.717) is 11.3 Å². The Morgan fingerprint density at radius 1 is 0.960 bits per heavy atom. The van der Waals surface area contributed by atoms with Gasteiger partial charge < -0.3 is 5.32 Å². The van der Waals surface area contributed by atoms with Gasteiger partial charge in [-0.25, -0.2) is 13.1 Å². The number of nitrogens with one attached hydrogen (secondary N) is 2. The van der Waals surface area contributed by atoms with Crippen LogP contribution in [-0.4, -0.2) is 26.2 Å². The first-order valence-electron chi connectivity index (χ1n) is 7.74. The molecule has 2 aromatic carbocycles. The molecular formula is C18H20N2O4S. The molecule has 0 bridgehead atoms. The highest BCUT2D eigenvalue weighted by Crippen LogP contribution is 2.16. The van der Waals surface area contributed by atoms with E-state index in [-0.39, 0.29) is 22.3 Å². The van der Waals surface area contributed by atoms with Gasteiger partial charge in [0.25, 0.3) is 5.91 Å². The number of carbonyl (C=O) groups excluding carboxylic acids is 2. The molecule has 2 aromatic rings. The molecule has 2 N–H and O–H groups in total. The van der Waals surface area contributed by atoms with Crippen molar-refractivity contribution in [1.29, 1.82) is 0 Å². The summed E-state index contributed by atoms with van der Waals surface area (Å²) in [5.74, 6) is -0.564. The van der Waals surface area contributed by atoms with Gasteiger partial charge >= 0.3 is 0 Å². The van der Waals surface area contributed by atoms with Crippen molar-refractivity contribution in [3.05, 3.63) is 59.7 Å². The van der Waals surface area contributed by atoms with E-state index >= 15 is 0 Å². The van der Waals surface area contributed by atoms with Crippen molar-refractivity contribution in [2.45, 2.75) is 31.7 Å². The first-order valence-corrected chi connectivity index (χ1v) is 9.22. The quantitative estimate of drug-likeness (QED) is 0.775. The summed E-state index contributed by atoms with van der Waals surface area (Å²) in [6.45, 7) is 4.88. The first kappa shape index (κ1) is 18.8. The number of ketones is 1. The van der Waals surface area contributed by atoms with Crippen molar-refractivity contribution in [2.75, 3.05) is 5.32 Å². The normalized spacial score (nSPS) is 11.4. The molecule has 0 radical (unpaired) electrons. The molecule has 1 amide bonds. The Bertz CT molecular complexity index is 905. The van der Waals surface area contributed by atoms with Crippen LogP contribution in [0.4, 0.5) is 5.69 Å². The molecule has 0 aliphatic rings. The molecule has 2 rings (SSSR count). The predicted molar refractivity (Wildman–Crippen MR) is 96.3 cm³/mol. The molecule has 0 spiro atoms. The number of amides is 1. The molecule has 0 heterocycles. The zero-order valence-corrected chi connectivity index (χ0v) is 15.1. The van der Waals surface area contributed by atoms with Crippen LogP contribution in [-0.2, 0) is 10.0 Å². The van der Waals surface area contributed by atoms with Gasteiger partial charge in [0.1, 0.15) is 0 Å². The van der Waals surface area contributed by atoms with Gasteiger partial charge in [0.2, 0.25) is 10.0 Å². The lowest BCUT2D eigenvalue weighted by Gasteiger charge is -2.11. The van der Waals surface area contributed by atoms with E-state index in [1.54, 1.807) is 38.1 Å². The summed E-state index contributed by atoms with van der Waals surface area (Å²) in [6.07, 6.45) is 0. The number of rotatable bonds is 6. The van der Waals surface area contributed by atoms with Gasteiger partial charge in [0.15, 0.2) is 5.78 Å². The van der Waals surface area contributed by atoms with E-state index in [0.717, 1.165) is 0 Å². The van der Waals surface area contributed by atoms with Gasteiger partial charge in [-0.3, -0.25) is 9.59 Å². The zero-order valence-electron chi connectivity index (χ0n) is 14.2. The second kappa shape index (κ2) is 7.58. The minimum absolute atomic E-state index is 0.0198. The molecule has 0 unspecified atom stereocenters. The van der Waals surface area contributed by atoms with Crippen molar-refractivity contribution in [2.24, 2.45) is 0 Å². The lowest BCUT2D eigenvalue weighted by Crippen LogP contribution is -2.30. The smallest absolute Gasteiger partial charge is 0.255 e. The average Bonchev–Trinajstić information content (AvgIpc) is 2.54. The Kier molecular flexibility index (Phi) is 5.71. The molecule has 0 atom stereocenters. The van der Waals surface area contributed by atoms with Crippen LogP contribution < -0.4 is 10.0 Å². The van der Waals surface area contributed by atoms with Crippen molar-refractivity contribution in [3.63, 3.8) is 0 Å². The minimum Gasteiger partial charge on any atom is -0.322 e. The number of hydrogen-bond acceptors (Lipinski definition) is 4. The number of benzene rings is 2. The van der Waals surface area contributed by atoms with E-state index < -0.39 is 15.9 Å². The molecular weight excluding hydrogens is 340 g/mol. The lowest BCUT2D eigenvalue weighted by molar-refractivity contribution is 0.101. The van der Waals surface area contributed by atoms with E-state index in [4.69, 9.17) is 0 Å². The summed E-state index contributed by atoms with van der Waals surface area (Å²) in [6, 6.07) is 12.1. The van der Waals surface area contributed by atoms with E-state index in [1.165, 1.54) is 31.2 Å². The number of Topliss-reactive ketones (excluding diaryl/α,β-unsaturated/α-hetero) is 1. The Labute approximate surface area is 147 Å². The fourth-order valence-electron chi connectivity index (χ4n) is 2.20. The van der Waals surface area contributed by atoms with Crippen LogP contribution in [0.3, 0.4) is 0 Å². The third-order valence-corrected chi connectivity index (χ3v) is 4.98. The fraction of sp³-hybridized carbons (Fsp3) is 0.222. The van der Waals surface area contributed by atoms with Crippen molar-refractivity contribution in [1.82, 2.24) is 4.72 Å². The van der Waals surface area contributed by atoms with Crippen molar-refractivity contribution < 1.29 is 18.0 Å². The Morgan fingerprint density at radius 3 is 2.24 bits per heavy atom. The van der Waals surface area contributed by atoms with Crippen LogP contribution in [0.1, 0.15) is 41.5 Å². The standard InChI is InChI=1S/C18H20N2O4S/c1-12(2)20-25(23,24)17-9-5-7-15(11-17)18(22)19-16-8-4-6-14(10-16)13(3)21/h4-12,20H,1-3H3,(H,19,22). The second-order valence-electron chi connectivity index (χ2n) is 5.89. The summed E-state index contributed by atoms with van der Waals surface area (Å²) >= 11 is 0. The molecule has 25 heavy (non-hydrogen) atoms. The monoisotopic (exact) mass is 360 g/mol. The largest absolute Gasteiger partial charge is 0.322 e. The van der Waals surface area contributed by atoms with Gasteiger partial charge in [0, 0.05) is 22.9 Å². The average molecular weight is 360 g/mol. The SMILES string of the molecule is CC(=O)c1cccc(NC(=O)c2cccc(S(=O)(=O)NC(C)C)c2)c1. The number of sulfonamides is 1. The van der Waals surface area contributed by atoms with Crippen molar-refractivity contribution in [3.8, 4) is 0 Å². The van der Waals surface area contributed by atoms with E-state index in [1.807, 2.05) is 0 Å². The fourth-order valence-corrected chi connectivity index (χ4v) is 3.50. The summed E-state index contributed by atoms with van der Waals surface area (Å²) in [5.41, 5.74) is 1.15.